The quantitative estimate of drug-likeness (QED) is 0.765. The van der Waals surface area contributed by atoms with Gasteiger partial charge >= 0.3 is 0 Å². The van der Waals surface area contributed by atoms with Gasteiger partial charge in [0, 0.05) is 18.3 Å². The van der Waals surface area contributed by atoms with Crippen LogP contribution in [0.1, 0.15) is 26.7 Å². The standard InChI is InChI=1S/C13H24N4OS/c1-6-13(7-2,19-5)8-15-12-10(18-4)11(14-3)16-9-17-12/h9H,6-8H2,1-5H3,(H2,14,15,16,17). The Morgan fingerprint density at radius 1 is 1.26 bits per heavy atom. The number of nitrogens with zero attached hydrogens (tertiary/aromatic N) is 2. The van der Waals surface area contributed by atoms with Crippen molar-refractivity contribution in [3.63, 3.8) is 0 Å². The van der Waals surface area contributed by atoms with Gasteiger partial charge in [0.2, 0.25) is 5.75 Å². The van der Waals surface area contributed by atoms with E-state index in [9.17, 15) is 0 Å². The monoisotopic (exact) mass is 284 g/mol. The zero-order chi connectivity index (χ0) is 14.3. The third-order valence-corrected chi connectivity index (χ3v) is 5.13. The van der Waals surface area contributed by atoms with E-state index < -0.39 is 0 Å². The van der Waals surface area contributed by atoms with E-state index >= 15 is 0 Å². The first-order chi connectivity index (χ1) is 9.16. The predicted octanol–water partition coefficient (Wildman–Crippen LogP) is 2.86. The minimum Gasteiger partial charge on any atom is -0.490 e. The largest absolute Gasteiger partial charge is 0.490 e. The first-order valence-electron chi connectivity index (χ1n) is 6.52. The van der Waals surface area contributed by atoms with Crippen LogP contribution in [0.2, 0.25) is 0 Å². The van der Waals surface area contributed by atoms with Crippen LogP contribution in [-0.2, 0) is 0 Å². The molecule has 0 unspecified atom stereocenters. The molecule has 0 aliphatic carbocycles. The molecule has 0 saturated carbocycles. The van der Waals surface area contributed by atoms with Gasteiger partial charge in [-0.15, -0.1) is 0 Å². The summed E-state index contributed by atoms with van der Waals surface area (Å²) in [5.74, 6) is 2.09. The second kappa shape index (κ2) is 7.43. The summed E-state index contributed by atoms with van der Waals surface area (Å²) in [4.78, 5) is 8.41. The van der Waals surface area contributed by atoms with Crippen molar-refractivity contribution in [3.8, 4) is 5.75 Å². The van der Waals surface area contributed by atoms with Crippen LogP contribution < -0.4 is 15.4 Å². The van der Waals surface area contributed by atoms with Gasteiger partial charge in [0.05, 0.1) is 7.11 Å². The fourth-order valence-electron chi connectivity index (χ4n) is 1.98. The first kappa shape index (κ1) is 15.9. The molecule has 0 aliphatic rings. The number of rotatable bonds is 8. The molecule has 0 spiro atoms. The normalized spacial score (nSPS) is 11.2. The maximum absolute atomic E-state index is 5.38. The zero-order valence-electron chi connectivity index (χ0n) is 12.4. The lowest BCUT2D eigenvalue weighted by Gasteiger charge is -2.30. The van der Waals surface area contributed by atoms with Crippen molar-refractivity contribution >= 4 is 23.4 Å². The van der Waals surface area contributed by atoms with E-state index in [0.29, 0.717) is 11.6 Å². The molecule has 0 saturated heterocycles. The number of hydrogen-bond donors (Lipinski definition) is 2. The Kier molecular flexibility index (Phi) is 6.21. The summed E-state index contributed by atoms with van der Waals surface area (Å²) >= 11 is 1.90. The van der Waals surface area contributed by atoms with Crippen molar-refractivity contribution in [1.82, 2.24) is 9.97 Å². The summed E-state index contributed by atoms with van der Waals surface area (Å²) in [5, 5.41) is 6.40. The van der Waals surface area contributed by atoms with Gasteiger partial charge < -0.3 is 15.4 Å². The maximum Gasteiger partial charge on any atom is 0.204 e. The van der Waals surface area contributed by atoms with Crippen LogP contribution >= 0.6 is 11.8 Å². The smallest absolute Gasteiger partial charge is 0.204 e. The summed E-state index contributed by atoms with van der Waals surface area (Å²) in [5.41, 5.74) is 0. The molecule has 0 amide bonds. The molecule has 2 N–H and O–H groups in total. The molecule has 0 fully saturated rings. The molecular weight excluding hydrogens is 260 g/mol. The molecular formula is C13H24N4OS. The Morgan fingerprint density at radius 2 is 1.89 bits per heavy atom. The van der Waals surface area contributed by atoms with Crippen LogP contribution in [0.3, 0.4) is 0 Å². The van der Waals surface area contributed by atoms with E-state index in [-0.39, 0.29) is 4.75 Å². The maximum atomic E-state index is 5.38. The molecule has 1 aromatic rings. The average molecular weight is 284 g/mol. The molecule has 0 aliphatic heterocycles. The van der Waals surface area contributed by atoms with Gasteiger partial charge in [-0.1, -0.05) is 13.8 Å². The first-order valence-corrected chi connectivity index (χ1v) is 7.74. The van der Waals surface area contributed by atoms with Gasteiger partial charge in [-0.2, -0.15) is 11.8 Å². The van der Waals surface area contributed by atoms with Crippen LogP contribution in [0.5, 0.6) is 5.75 Å². The summed E-state index contributed by atoms with van der Waals surface area (Å²) in [7, 11) is 3.45. The fourth-order valence-corrected chi connectivity index (χ4v) is 2.77. The summed E-state index contributed by atoms with van der Waals surface area (Å²) in [6.45, 7) is 5.30. The van der Waals surface area contributed by atoms with Crippen LogP contribution in [-0.4, -0.2) is 41.7 Å². The highest BCUT2D eigenvalue weighted by Crippen LogP contribution is 2.33. The average Bonchev–Trinajstić information content (AvgIpc) is 2.48. The van der Waals surface area contributed by atoms with Gasteiger partial charge in [0.15, 0.2) is 11.6 Å². The Labute approximate surface area is 119 Å². The predicted molar refractivity (Wildman–Crippen MR) is 83.4 cm³/mol. The van der Waals surface area contributed by atoms with Crippen LogP contribution in [0.4, 0.5) is 11.6 Å². The molecule has 1 rings (SSSR count). The molecule has 1 heterocycles. The van der Waals surface area contributed by atoms with Crippen molar-refractivity contribution < 1.29 is 4.74 Å². The third-order valence-electron chi connectivity index (χ3n) is 3.54. The van der Waals surface area contributed by atoms with E-state index in [2.05, 4.69) is 40.7 Å². The molecule has 0 aromatic carbocycles. The van der Waals surface area contributed by atoms with E-state index in [1.807, 2.05) is 18.8 Å². The van der Waals surface area contributed by atoms with Gasteiger partial charge in [0.25, 0.3) is 0 Å². The molecule has 19 heavy (non-hydrogen) atoms. The Hall–Kier alpha value is -1.17. The number of thioether (sulfide) groups is 1. The van der Waals surface area contributed by atoms with Crippen LogP contribution in [0.25, 0.3) is 0 Å². The highest BCUT2D eigenvalue weighted by Gasteiger charge is 2.25. The van der Waals surface area contributed by atoms with Gasteiger partial charge in [-0.3, -0.25) is 0 Å². The Balaban J connectivity index is 2.88. The van der Waals surface area contributed by atoms with Crippen molar-refractivity contribution in [2.45, 2.75) is 31.4 Å². The molecule has 5 nitrogen and oxygen atoms in total. The minimum absolute atomic E-state index is 0.232. The zero-order valence-corrected chi connectivity index (χ0v) is 13.2. The highest BCUT2D eigenvalue weighted by atomic mass is 32.2. The van der Waals surface area contributed by atoms with Gasteiger partial charge in [-0.05, 0) is 19.1 Å². The molecule has 6 heteroatoms. The Bertz CT molecular complexity index is 388. The topological polar surface area (TPSA) is 59.1 Å². The molecule has 1 aromatic heterocycles. The van der Waals surface area contributed by atoms with Gasteiger partial charge in [0.1, 0.15) is 6.33 Å². The molecule has 0 bridgehead atoms. The summed E-state index contributed by atoms with van der Waals surface area (Å²) in [6.07, 6.45) is 5.92. The van der Waals surface area contributed by atoms with E-state index in [1.54, 1.807) is 7.11 Å². The number of hydrogen-bond acceptors (Lipinski definition) is 6. The van der Waals surface area contributed by atoms with Crippen molar-refractivity contribution in [3.05, 3.63) is 6.33 Å². The van der Waals surface area contributed by atoms with Crippen molar-refractivity contribution in [1.29, 1.82) is 0 Å². The summed E-state index contributed by atoms with van der Waals surface area (Å²) < 4.78 is 5.61. The highest BCUT2D eigenvalue weighted by molar-refractivity contribution is 8.00. The molecule has 0 radical (unpaired) electrons. The molecule has 0 atom stereocenters. The number of methoxy groups -OCH3 is 1. The SMILES string of the molecule is CCC(CC)(CNc1ncnc(NC)c1OC)SC. The number of nitrogens with one attached hydrogen (secondary N) is 2. The summed E-state index contributed by atoms with van der Waals surface area (Å²) in [6, 6.07) is 0. The fraction of sp³-hybridized carbons (Fsp3) is 0.692. The van der Waals surface area contributed by atoms with Crippen molar-refractivity contribution in [2.75, 3.05) is 37.6 Å². The third kappa shape index (κ3) is 3.65. The van der Waals surface area contributed by atoms with E-state index in [4.69, 9.17) is 4.74 Å². The number of ether oxygens (including phenoxy) is 1. The van der Waals surface area contributed by atoms with Crippen molar-refractivity contribution in [2.24, 2.45) is 0 Å². The minimum atomic E-state index is 0.232. The second-order valence-corrected chi connectivity index (χ2v) is 5.58. The number of aromatic nitrogens is 2. The molecule has 108 valence electrons. The lowest BCUT2D eigenvalue weighted by Crippen LogP contribution is -2.32. The van der Waals surface area contributed by atoms with Crippen LogP contribution in [0.15, 0.2) is 6.33 Å². The Morgan fingerprint density at radius 3 is 2.37 bits per heavy atom. The lowest BCUT2D eigenvalue weighted by molar-refractivity contribution is 0.414. The van der Waals surface area contributed by atoms with E-state index in [1.165, 1.54) is 6.33 Å². The number of anilines is 2. The van der Waals surface area contributed by atoms with E-state index in [0.717, 1.165) is 25.2 Å². The van der Waals surface area contributed by atoms with Gasteiger partial charge in [-0.25, -0.2) is 9.97 Å². The lowest BCUT2D eigenvalue weighted by atomic mass is 10.0. The second-order valence-electron chi connectivity index (χ2n) is 4.30. The van der Waals surface area contributed by atoms with Crippen LogP contribution in [0, 0.1) is 0 Å².